The maximum atomic E-state index is 10.1. The highest BCUT2D eigenvalue weighted by Gasteiger charge is 1.90. The van der Waals surface area contributed by atoms with E-state index in [1.54, 1.807) is 24.3 Å². The number of nitrogens with two attached hydrogens (primary N) is 1. The van der Waals surface area contributed by atoms with E-state index in [0.29, 0.717) is 5.02 Å². The van der Waals surface area contributed by atoms with Crippen LogP contribution in [-0.2, 0) is 4.84 Å². The summed E-state index contributed by atoms with van der Waals surface area (Å²) in [7, 11) is 0. The molecule has 0 aliphatic carbocycles. The summed E-state index contributed by atoms with van der Waals surface area (Å²) < 4.78 is 0. The van der Waals surface area contributed by atoms with E-state index in [2.05, 4.69) is 15.7 Å². The Morgan fingerprint density at radius 3 is 2.62 bits per heavy atom. The monoisotopic (exact) mass is 198 g/mol. The van der Waals surface area contributed by atoms with Gasteiger partial charge in [0.15, 0.2) is 0 Å². The Kier molecular flexibility index (Phi) is 3.28. The number of carbonyl (C=O) groups is 1. The van der Waals surface area contributed by atoms with Gasteiger partial charge in [-0.25, -0.2) is 4.79 Å². The highest BCUT2D eigenvalue weighted by Crippen LogP contribution is 2.07. The fourth-order valence-corrected chi connectivity index (χ4v) is 0.814. The molecule has 0 aromatic heterocycles. The zero-order chi connectivity index (χ0) is 9.68. The number of hydrogen-bond acceptors (Lipinski definition) is 3. The third kappa shape index (κ3) is 3.57. The van der Waals surface area contributed by atoms with E-state index < -0.39 is 6.09 Å². The van der Waals surface area contributed by atoms with E-state index in [1.807, 2.05) is 0 Å². The average molecular weight is 199 g/mol. The number of nitrogens with zero attached hydrogens (tertiary/aromatic N) is 1. The molecule has 0 spiro atoms. The maximum absolute atomic E-state index is 10.1. The van der Waals surface area contributed by atoms with E-state index in [1.165, 1.54) is 6.21 Å². The van der Waals surface area contributed by atoms with Crippen LogP contribution in [0.3, 0.4) is 0 Å². The predicted octanol–water partition coefficient (Wildman–Crippen LogP) is 1.77. The second kappa shape index (κ2) is 4.47. The van der Waals surface area contributed by atoms with E-state index in [-0.39, 0.29) is 0 Å². The van der Waals surface area contributed by atoms with Gasteiger partial charge in [-0.2, -0.15) is 0 Å². The minimum Gasteiger partial charge on any atom is -0.333 e. The van der Waals surface area contributed by atoms with E-state index in [9.17, 15) is 4.79 Å². The van der Waals surface area contributed by atoms with Gasteiger partial charge < -0.3 is 5.73 Å². The van der Waals surface area contributed by atoms with Crippen molar-refractivity contribution in [2.45, 2.75) is 0 Å². The molecule has 68 valence electrons. The van der Waals surface area contributed by atoms with Gasteiger partial charge in [0.1, 0.15) is 0 Å². The molecule has 0 saturated heterocycles. The first-order valence-electron chi connectivity index (χ1n) is 3.44. The predicted molar refractivity (Wildman–Crippen MR) is 49.7 cm³/mol. The lowest BCUT2D eigenvalue weighted by atomic mass is 10.2. The molecule has 4 nitrogen and oxygen atoms in total. The molecule has 1 aromatic rings. The number of rotatable bonds is 2. The zero-order valence-corrected chi connectivity index (χ0v) is 7.36. The van der Waals surface area contributed by atoms with Crippen molar-refractivity contribution in [3.63, 3.8) is 0 Å². The highest BCUT2D eigenvalue weighted by molar-refractivity contribution is 6.30. The first kappa shape index (κ1) is 9.54. The molecular formula is C8H7ClN2O2. The van der Waals surface area contributed by atoms with Gasteiger partial charge in [-0.3, -0.25) is 4.84 Å². The van der Waals surface area contributed by atoms with Gasteiger partial charge in [0.2, 0.25) is 0 Å². The molecule has 0 heterocycles. The lowest BCUT2D eigenvalue weighted by molar-refractivity contribution is 0.162. The van der Waals surface area contributed by atoms with Gasteiger partial charge in [0.25, 0.3) is 0 Å². The van der Waals surface area contributed by atoms with Crippen LogP contribution in [0.2, 0.25) is 5.02 Å². The Balaban J connectivity index is 2.59. The Labute approximate surface area is 79.9 Å². The number of hydrogen-bond donors (Lipinski definition) is 1. The number of benzene rings is 1. The summed E-state index contributed by atoms with van der Waals surface area (Å²) >= 11 is 5.65. The molecule has 5 heteroatoms. The summed E-state index contributed by atoms with van der Waals surface area (Å²) in [6.07, 6.45) is 0.423. The van der Waals surface area contributed by atoms with Crippen molar-refractivity contribution < 1.29 is 9.63 Å². The normalized spacial score (nSPS) is 10.2. The van der Waals surface area contributed by atoms with Crippen molar-refractivity contribution >= 4 is 23.9 Å². The summed E-state index contributed by atoms with van der Waals surface area (Å²) in [6.45, 7) is 0. The van der Waals surface area contributed by atoms with Crippen molar-refractivity contribution in [3.05, 3.63) is 34.9 Å². The standard InChI is InChI=1S/C8H7ClN2O2/c9-7-3-1-6(2-4-7)5-11-13-8(10)12/h1-5H,(H2,10,12)/b11-5+. The van der Waals surface area contributed by atoms with E-state index in [4.69, 9.17) is 11.6 Å². The molecule has 0 saturated carbocycles. The molecule has 0 aliphatic heterocycles. The highest BCUT2D eigenvalue weighted by atomic mass is 35.5. The minimum atomic E-state index is -0.940. The van der Waals surface area contributed by atoms with Gasteiger partial charge in [0, 0.05) is 5.02 Å². The van der Waals surface area contributed by atoms with E-state index >= 15 is 0 Å². The van der Waals surface area contributed by atoms with E-state index in [0.717, 1.165) is 5.56 Å². The Hall–Kier alpha value is -1.55. The smallest absolute Gasteiger partial charge is 0.333 e. The van der Waals surface area contributed by atoms with Crippen LogP contribution in [0.4, 0.5) is 4.79 Å². The third-order valence-electron chi connectivity index (χ3n) is 1.21. The lowest BCUT2D eigenvalue weighted by Gasteiger charge is -1.92. The van der Waals surface area contributed by atoms with Crippen molar-refractivity contribution in [2.75, 3.05) is 0 Å². The molecule has 0 fully saturated rings. The molecule has 1 aromatic carbocycles. The van der Waals surface area contributed by atoms with Crippen molar-refractivity contribution in [1.29, 1.82) is 0 Å². The van der Waals surface area contributed by atoms with Crippen molar-refractivity contribution in [2.24, 2.45) is 10.9 Å². The van der Waals surface area contributed by atoms with Crippen LogP contribution < -0.4 is 5.73 Å². The van der Waals surface area contributed by atoms with Crippen LogP contribution in [0.5, 0.6) is 0 Å². The van der Waals surface area contributed by atoms with Crippen LogP contribution in [0, 0.1) is 0 Å². The van der Waals surface area contributed by atoms with Gasteiger partial charge in [0.05, 0.1) is 6.21 Å². The van der Waals surface area contributed by atoms with Crippen LogP contribution in [0.1, 0.15) is 5.56 Å². The SMILES string of the molecule is NC(=O)O/N=C/c1ccc(Cl)cc1. The van der Waals surface area contributed by atoms with Gasteiger partial charge in [-0.1, -0.05) is 28.9 Å². The Morgan fingerprint density at radius 2 is 2.08 bits per heavy atom. The van der Waals surface area contributed by atoms with Gasteiger partial charge in [-0.05, 0) is 17.7 Å². The average Bonchev–Trinajstić information content (AvgIpc) is 2.08. The molecule has 0 radical (unpaired) electrons. The first-order valence-corrected chi connectivity index (χ1v) is 3.81. The number of amides is 1. The number of primary amides is 1. The van der Waals surface area contributed by atoms with Crippen molar-refractivity contribution in [1.82, 2.24) is 0 Å². The number of carbonyl (C=O) groups excluding carboxylic acids is 1. The van der Waals surface area contributed by atoms with Crippen LogP contribution in [0.25, 0.3) is 0 Å². The molecule has 0 aliphatic rings. The third-order valence-corrected chi connectivity index (χ3v) is 1.47. The molecular weight excluding hydrogens is 192 g/mol. The molecule has 1 rings (SSSR count). The summed E-state index contributed by atoms with van der Waals surface area (Å²) in [6, 6.07) is 6.87. The Morgan fingerprint density at radius 1 is 1.46 bits per heavy atom. The van der Waals surface area contributed by atoms with Gasteiger partial charge >= 0.3 is 6.09 Å². The number of oxime groups is 1. The fourth-order valence-electron chi connectivity index (χ4n) is 0.688. The zero-order valence-electron chi connectivity index (χ0n) is 6.61. The fraction of sp³-hybridized carbons (Fsp3) is 0. The topological polar surface area (TPSA) is 64.7 Å². The summed E-state index contributed by atoms with van der Waals surface area (Å²) in [5, 5.41) is 3.96. The molecule has 13 heavy (non-hydrogen) atoms. The maximum Gasteiger partial charge on any atom is 0.430 e. The van der Waals surface area contributed by atoms with Gasteiger partial charge in [-0.15, -0.1) is 0 Å². The minimum absolute atomic E-state index is 0.632. The molecule has 0 bridgehead atoms. The molecule has 0 unspecified atom stereocenters. The second-order valence-corrected chi connectivity index (χ2v) is 2.63. The van der Waals surface area contributed by atoms with Crippen molar-refractivity contribution in [3.8, 4) is 0 Å². The molecule has 2 N–H and O–H groups in total. The Bertz CT molecular complexity index is 321. The quantitative estimate of drug-likeness (QED) is 0.447. The van der Waals surface area contributed by atoms with Crippen LogP contribution in [0.15, 0.2) is 29.4 Å². The second-order valence-electron chi connectivity index (χ2n) is 2.20. The molecule has 1 amide bonds. The first-order chi connectivity index (χ1) is 6.18. The molecule has 0 atom stereocenters. The number of halogens is 1. The summed E-state index contributed by atoms with van der Waals surface area (Å²) in [4.78, 5) is 14.3. The van der Waals surface area contributed by atoms with Crippen LogP contribution >= 0.6 is 11.6 Å². The lowest BCUT2D eigenvalue weighted by Crippen LogP contribution is -2.09. The van der Waals surface area contributed by atoms with Crippen LogP contribution in [-0.4, -0.2) is 12.3 Å². The largest absolute Gasteiger partial charge is 0.430 e. The summed E-state index contributed by atoms with van der Waals surface area (Å²) in [5.41, 5.74) is 5.45. The summed E-state index contributed by atoms with van der Waals surface area (Å²) in [5.74, 6) is 0.